The van der Waals surface area contributed by atoms with Gasteiger partial charge in [-0.15, -0.1) is 0 Å². The number of rotatable bonds is 5. The molecule has 0 aliphatic heterocycles. The lowest BCUT2D eigenvalue weighted by Gasteiger charge is -2.16. The third-order valence-corrected chi connectivity index (χ3v) is 5.23. The molecule has 2 rings (SSSR count). The van der Waals surface area contributed by atoms with Gasteiger partial charge in [0, 0.05) is 18.3 Å². The number of carbonyl (C=O) groups is 1. The van der Waals surface area contributed by atoms with Crippen LogP contribution >= 0.6 is 0 Å². The minimum atomic E-state index is -3.75. The zero-order valence-electron chi connectivity index (χ0n) is 12.9. The molecule has 2 aromatic rings. The second-order valence-electron chi connectivity index (χ2n) is 4.95. The molecule has 0 aliphatic carbocycles. The standard InChI is InChI=1S/C16H18N2O4S/c1-18(11-16(19)22-2)23(20,21)13-9-7-12(8-10-13)14-5-3-4-6-15(14)17/h3-10H,11,17H2,1-2H3. The number of esters is 1. The fraction of sp³-hybridized carbons (Fsp3) is 0.188. The molecule has 0 unspecified atom stereocenters. The summed E-state index contributed by atoms with van der Waals surface area (Å²) in [4.78, 5) is 11.3. The molecule has 0 fully saturated rings. The highest BCUT2D eigenvalue weighted by molar-refractivity contribution is 7.89. The van der Waals surface area contributed by atoms with Crippen LogP contribution in [-0.2, 0) is 19.6 Å². The molecule has 6 nitrogen and oxygen atoms in total. The minimum absolute atomic E-state index is 0.0992. The Bertz CT molecular complexity index is 801. The van der Waals surface area contributed by atoms with Gasteiger partial charge in [-0.2, -0.15) is 4.31 Å². The molecule has 0 saturated heterocycles. The molecule has 2 aromatic carbocycles. The summed E-state index contributed by atoms with van der Waals surface area (Å²) < 4.78 is 30.2. The Morgan fingerprint density at radius 3 is 2.30 bits per heavy atom. The lowest BCUT2D eigenvalue weighted by molar-refractivity contribution is -0.140. The summed E-state index contributed by atoms with van der Waals surface area (Å²) in [6, 6.07) is 13.7. The maximum atomic E-state index is 12.4. The van der Waals surface area contributed by atoms with Crippen molar-refractivity contribution in [3.05, 3.63) is 48.5 Å². The molecule has 0 spiro atoms. The Hall–Kier alpha value is -2.38. The van der Waals surface area contributed by atoms with E-state index in [1.165, 1.54) is 26.3 Å². The van der Waals surface area contributed by atoms with Gasteiger partial charge in [-0.25, -0.2) is 8.42 Å². The van der Waals surface area contributed by atoms with Crippen LogP contribution in [0.1, 0.15) is 0 Å². The zero-order chi connectivity index (χ0) is 17.0. The van der Waals surface area contributed by atoms with Crippen LogP contribution in [0.3, 0.4) is 0 Å². The highest BCUT2D eigenvalue weighted by Gasteiger charge is 2.23. The van der Waals surface area contributed by atoms with E-state index in [1.807, 2.05) is 18.2 Å². The summed E-state index contributed by atoms with van der Waals surface area (Å²) in [5.41, 5.74) is 8.18. The van der Waals surface area contributed by atoms with E-state index in [-0.39, 0.29) is 11.4 Å². The summed E-state index contributed by atoms with van der Waals surface area (Å²) in [7, 11) is -1.21. The van der Waals surface area contributed by atoms with Gasteiger partial charge >= 0.3 is 5.97 Å². The van der Waals surface area contributed by atoms with Crippen molar-refractivity contribution in [3.8, 4) is 11.1 Å². The predicted molar refractivity (Wildman–Crippen MR) is 88.1 cm³/mol. The first-order chi connectivity index (χ1) is 10.9. The average Bonchev–Trinajstić information content (AvgIpc) is 2.55. The van der Waals surface area contributed by atoms with Crippen molar-refractivity contribution in [2.45, 2.75) is 4.90 Å². The predicted octanol–water partition coefficient (Wildman–Crippen LogP) is 1.73. The number of nitrogen functional groups attached to an aromatic ring is 1. The van der Waals surface area contributed by atoms with Crippen LogP contribution < -0.4 is 5.73 Å². The van der Waals surface area contributed by atoms with Crippen LogP contribution in [0.2, 0.25) is 0 Å². The molecule has 0 amide bonds. The summed E-state index contributed by atoms with van der Waals surface area (Å²) in [6.45, 7) is -0.341. The fourth-order valence-electron chi connectivity index (χ4n) is 2.08. The zero-order valence-corrected chi connectivity index (χ0v) is 13.7. The number of carbonyl (C=O) groups excluding carboxylic acids is 1. The number of anilines is 1. The van der Waals surface area contributed by atoms with E-state index < -0.39 is 16.0 Å². The molecule has 0 heterocycles. The van der Waals surface area contributed by atoms with Crippen molar-refractivity contribution in [1.82, 2.24) is 4.31 Å². The smallest absolute Gasteiger partial charge is 0.321 e. The molecule has 23 heavy (non-hydrogen) atoms. The quantitative estimate of drug-likeness (QED) is 0.664. The van der Waals surface area contributed by atoms with Gasteiger partial charge in [0.05, 0.1) is 12.0 Å². The highest BCUT2D eigenvalue weighted by Crippen LogP contribution is 2.27. The number of methoxy groups -OCH3 is 1. The molecule has 7 heteroatoms. The average molecular weight is 334 g/mol. The summed E-state index contributed by atoms with van der Waals surface area (Å²) in [6.07, 6.45) is 0. The number of ether oxygens (including phenoxy) is 1. The van der Waals surface area contributed by atoms with E-state index in [0.29, 0.717) is 5.69 Å². The SMILES string of the molecule is COC(=O)CN(C)S(=O)(=O)c1ccc(-c2ccccc2N)cc1. The van der Waals surface area contributed by atoms with Crippen LogP contribution in [0.15, 0.2) is 53.4 Å². The minimum Gasteiger partial charge on any atom is -0.468 e. The number of sulfonamides is 1. The second kappa shape index (κ2) is 6.80. The van der Waals surface area contributed by atoms with E-state index in [4.69, 9.17) is 5.73 Å². The van der Waals surface area contributed by atoms with E-state index in [0.717, 1.165) is 15.4 Å². The van der Waals surface area contributed by atoms with Crippen LogP contribution in [0.5, 0.6) is 0 Å². The lowest BCUT2D eigenvalue weighted by Crippen LogP contribution is -2.32. The molecule has 0 aliphatic rings. The Balaban J connectivity index is 2.29. The first-order valence-corrected chi connectivity index (χ1v) is 8.28. The van der Waals surface area contributed by atoms with E-state index in [9.17, 15) is 13.2 Å². The van der Waals surface area contributed by atoms with Crippen molar-refractivity contribution in [2.75, 3.05) is 26.4 Å². The van der Waals surface area contributed by atoms with Crippen LogP contribution in [0.4, 0.5) is 5.69 Å². The molecular formula is C16H18N2O4S. The van der Waals surface area contributed by atoms with Crippen molar-refractivity contribution < 1.29 is 17.9 Å². The largest absolute Gasteiger partial charge is 0.468 e. The summed E-state index contributed by atoms with van der Waals surface area (Å²) >= 11 is 0. The Kier molecular flexibility index (Phi) is 5.02. The van der Waals surface area contributed by atoms with Crippen molar-refractivity contribution >= 4 is 21.7 Å². The maximum absolute atomic E-state index is 12.4. The van der Waals surface area contributed by atoms with Crippen LogP contribution in [0, 0.1) is 0 Å². The van der Waals surface area contributed by atoms with Crippen molar-refractivity contribution in [2.24, 2.45) is 0 Å². The number of benzene rings is 2. The normalized spacial score (nSPS) is 11.4. The van der Waals surface area contributed by atoms with E-state index in [1.54, 1.807) is 18.2 Å². The maximum Gasteiger partial charge on any atom is 0.321 e. The topological polar surface area (TPSA) is 89.7 Å². The first-order valence-electron chi connectivity index (χ1n) is 6.84. The monoisotopic (exact) mass is 334 g/mol. The molecular weight excluding hydrogens is 316 g/mol. The molecule has 0 bridgehead atoms. The number of para-hydroxylation sites is 1. The third-order valence-electron chi connectivity index (χ3n) is 3.41. The van der Waals surface area contributed by atoms with Gasteiger partial charge in [-0.3, -0.25) is 4.79 Å². The van der Waals surface area contributed by atoms with Gasteiger partial charge in [0.1, 0.15) is 6.54 Å². The van der Waals surface area contributed by atoms with Gasteiger partial charge < -0.3 is 10.5 Å². The van der Waals surface area contributed by atoms with Gasteiger partial charge in [0.25, 0.3) is 0 Å². The molecule has 2 N–H and O–H groups in total. The molecule has 0 radical (unpaired) electrons. The molecule has 122 valence electrons. The van der Waals surface area contributed by atoms with Crippen molar-refractivity contribution in [1.29, 1.82) is 0 Å². The van der Waals surface area contributed by atoms with Gasteiger partial charge in [0.15, 0.2) is 0 Å². The Morgan fingerprint density at radius 1 is 1.13 bits per heavy atom. The lowest BCUT2D eigenvalue weighted by atomic mass is 10.0. The Labute approximate surface area is 135 Å². The van der Waals surface area contributed by atoms with Crippen LogP contribution in [-0.4, -0.2) is 39.4 Å². The Morgan fingerprint density at radius 2 is 1.74 bits per heavy atom. The number of likely N-dealkylation sites (N-methyl/N-ethyl adjacent to an activating group) is 1. The summed E-state index contributed by atoms with van der Waals surface area (Å²) in [5.74, 6) is -0.621. The van der Waals surface area contributed by atoms with Crippen LogP contribution in [0.25, 0.3) is 11.1 Å². The van der Waals surface area contributed by atoms with Crippen molar-refractivity contribution in [3.63, 3.8) is 0 Å². The number of hydrogen-bond donors (Lipinski definition) is 1. The third kappa shape index (κ3) is 3.69. The van der Waals surface area contributed by atoms with E-state index in [2.05, 4.69) is 4.74 Å². The highest BCUT2D eigenvalue weighted by atomic mass is 32.2. The number of nitrogens with zero attached hydrogens (tertiary/aromatic N) is 1. The van der Waals surface area contributed by atoms with Gasteiger partial charge in [0.2, 0.25) is 10.0 Å². The van der Waals surface area contributed by atoms with E-state index >= 15 is 0 Å². The molecule has 0 atom stereocenters. The summed E-state index contributed by atoms with van der Waals surface area (Å²) in [5, 5.41) is 0. The first kappa shape index (κ1) is 17.0. The second-order valence-corrected chi connectivity index (χ2v) is 6.99. The fourth-order valence-corrected chi connectivity index (χ4v) is 3.19. The molecule has 0 aromatic heterocycles. The number of nitrogens with two attached hydrogens (primary N) is 1. The van der Waals surface area contributed by atoms with Gasteiger partial charge in [-0.05, 0) is 23.8 Å². The van der Waals surface area contributed by atoms with Gasteiger partial charge in [-0.1, -0.05) is 30.3 Å². The number of hydrogen-bond acceptors (Lipinski definition) is 5. The molecule has 0 saturated carbocycles.